The van der Waals surface area contributed by atoms with E-state index in [1.165, 1.54) is 87.9 Å². The Balaban J connectivity index is 1.03. The number of nitrogens with zero attached hydrogens (tertiary/aromatic N) is 2. The van der Waals surface area contributed by atoms with Gasteiger partial charge in [-0.05, 0) is 129 Å². The van der Waals surface area contributed by atoms with E-state index in [0.29, 0.717) is 0 Å². The molecule has 64 heavy (non-hydrogen) atoms. The van der Waals surface area contributed by atoms with Crippen molar-refractivity contribution >= 4 is 66.0 Å². The lowest BCUT2D eigenvalue weighted by molar-refractivity contribution is 1.04. The van der Waals surface area contributed by atoms with Gasteiger partial charge in [0.05, 0.1) is 16.7 Å². The van der Waals surface area contributed by atoms with Crippen molar-refractivity contribution in [3.63, 3.8) is 0 Å². The van der Waals surface area contributed by atoms with Gasteiger partial charge in [-0.25, -0.2) is 0 Å². The zero-order valence-electron chi connectivity index (χ0n) is 35.4. The Morgan fingerprint density at radius 1 is 0.391 bits per heavy atom. The summed E-state index contributed by atoms with van der Waals surface area (Å²) >= 11 is 0. The first kappa shape index (κ1) is 37.6. The van der Waals surface area contributed by atoms with Gasteiger partial charge in [-0.1, -0.05) is 182 Å². The zero-order chi connectivity index (χ0) is 42.4. The SMILES string of the molecule is C1=CC(c2ccc(N(c3ccc(-n4c5ccccc5c5c(-c6cccc(-c7cccc8ccccc78)c6)cc6ccccc6c54)cc3)c3ccccc3-c3ccccc3)cc2)=CCC1. The molecule has 0 atom stereocenters. The molecule has 0 fully saturated rings. The van der Waals surface area contributed by atoms with E-state index in [4.69, 9.17) is 0 Å². The Hall–Kier alpha value is -8.20. The van der Waals surface area contributed by atoms with Crippen molar-refractivity contribution in [2.24, 2.45) is 0 Å². The highest BCUT2D eigenvalue weighted by atomic mass is 15.1. The third kappa shape index (κ3) is 6.51. The van der Waals surface area contributed by atoms with Crippen molar-refractivity contribution in [3.8, 4) is 39.1 Å². The van der Waals surface area contributed by atoms with Gasteiger partial charge >= 0.3 is 0 Å². The first-order valence-corrected chi connectivity index (χ1v) is 22.3. The summed E-state index contributed by atoms with van der Waals surface area (Å²) in [5.74, 6) is 0. The molecule has 0 saturated heterocycles. The number of hydrogen-bond donors (Lipinski definition) is 0. The number of fused-ring (bicyclic) bond motifs is 6. The van der Waals surface area contributed by atoms with E-state index in [0.717, 1.165) is 35.6 Å². The molecule has 0 N–H and O–H groups in total. The number of allylic oxidation sites excluding steroid dienone is 4. The average molecular weight is 817 g/mol. The summed E-state index contributed by atoms with van der Waals surface area (Å²) in [6, 6.07) is 82.3. The van der Waals surface area contributed by atoms with Crippen molar-refractivity contribution in [1.82, 2.24) is 4.57 Å². The first-order valence-electron chi connectivity index (χ1n) is 22.3. The largest absolute Gasteiger partial charge is 0.310 e. The van der Waals surface area contributed by atoms with Crippen LogP contribution in [0.2, 0.25) is 0 Å². The van der Waals surface area contributed by atoms with Crippen LogP contribution >= 0.6 is 0 Å². The Morgan fingerprint density at radius 3 is 1.80 bits per heavy atom. The molecule has 0 aliphatic heterocycles. The number of anilines is 3. The number of para-hydroxylation sites is 2. The van der Waals surface area contributed by atoms with E-state index in [2.05, 4.69) is 252 Å². The second kappa shape index (κ2) is 15.9. The van der Waals surface area contributed by atoms with E-state index in [1.54, 1.807) is 0 Å². The molecule has 1 aliphatic rings. The quantitative estimate of drug-likeness (QED) is 0.148. The summed E-state index contributed by atoms with van der Waals surface area (Å²) in [7, 11) is 0. The second-order valence-electron chi connectivity index (χ2n) is 16.7. The highest BCUT2D eigenvalue weighted by Crippen LogP contribution is 2.45. The smallest absolute Gasteiger partial charge is 0.0625 e. The summed E-state index contributed by atoms with van der Waals surface area (Å²) in [6.07, 6.45) is 9.07. The van der Waals surface area contributed by atoms with Crippen LogP contribution in [0.15, 0.2) is 243 Å². The van der Waals surface area contributed by atoms with Gasteiger partial charge in [0.25, 0.3) is 0 Å². The maximum absolute atomic E-state index is 2.48. The normalized spacial score (nSPS) is 12.6. The van der Waals surface area contributed by atoms with Crippen LogP contribution in [0.1, 0.15) is 18.4 Å². The maximum atomic E-state index is 2.48. The molecule has 12 rings (SSSR count). The number of aromatic nitrogens is 1. The molecule has 10 aromatic carbocycles. The van der Waals surface area contributed by atoms with Crippen molar-refractivity contribution in [1.29, 1.82) is 0 Å². The minimum absolute atomic E-state index is 1.08. The summed E-state index contributed by atoms with van der Waals surface area (Å²) in [5, 5.41) is 7.45. The van der Waals surface area contributed by atoms with Crippen LogP contribution in [0.5, 0.6) is 0 Å². The lowest BCUT2D eigenvalue weighted by Crippen LogP contribution is -2.11. The minimum Gasteiger partial charge on any atom is -0.310 e. The Labute approximate surface area is 373 Å². The molecule has 2 heteroatoms. The van der Waals surface area contributed by atoms with Crippen LogP contribution in [-0.4, -0.2) is 4.57 Å². The third-order valence-corrected chi connectivity index (χ3v) is 13.0. The molecule has 1 aliphatic carbocycles. The highest BCUT2D eigenvalue weighted by molar-refractivity contribution is 6.24. The highest BCUT2D eigenvalue weighted by Gasteiger charge is 2.22. The van der Waals surface area contributed by atoms with Gasteiger partial charge in [0, 0.05) is 38.8 Å². The Bertz CT molecular complexity index is 3580. The fourth-order valence-electron chi connectivity index (χ4n) is 10.00. The van der Waals surface area contributed by atoms with Gasteiger partial charge in [-0.3, -0.25) is 0 Å². The molecular formula is C62H44N2. The van der Waals surface area contributed by atoms with Crippen LogP contribution in [0.25, 0.3) is 88.0 Å². The fourth-order valence-corrected chi connectivity index (χ4v) is 10.00. The molecule has 0 spiro atoms. The predicted octanol–water partition coefficient (Wildman–Crippen LogP) is 17.3. The predicted molar refractivity (Wildman–Crippen MR) is 273 cm³/mol. The molecule has 11 aromatic rings. The second-order valence-corrected chi connectivity index (χ2v) is 16.7. The first-order chi connectivity index (χ1) is 31.8. The molecule has 2 nitrogen and oxygen atoms in total. The molecule has 0 unspecified atom stereocenters. The van der Waals surface area contributed by atoms with Gasteiger partial charge in [0.2, 0.25) is 0 Å². The third-order valence-electron chi connectivity index (χ3n) is 13.0. The average Bonchev–Trinajstić information content (AvgIpc) is 3.73. The van der Waals surface area contributed by atoms with Crippen molar-refractivity contribution in [3.05, 3.63) is 248 Å². The van der Waals surface area contributed by atoms with Gasteiger partial charge in [0.15, 0.2) is 0 Å². The Morgan fingerprint density at radius 2 is 1.00 bits per heavy atom. The molecule has 1 aromatic heterocycles. The summed E-state index contributed by atoms with van der Waals surface area (Å²) in [6.45, 7) is 0. The van der Waals surface area contributed by atoms with E-state index in [1.807, 2.05) is 0 Å². The summed E-state index contributed by atoms with van der Waals surface area (Å²) < 4.78 is 2.48. The van der Waals surface area contributed by atoms with Crippen LogP contribution in [0.4, 0.5) is 17.1 Å². The van der Waals surface area contributed by atoms with Crippen LogP contribution in [0, 0.1) is 0 Å². The molecule has 0 bridgehead atoms. The van der Waals surface area contributed by atoms with Crippen molar-refractivity contribution in [2.75, 3.05) is 4.90 Å². The van der Waals surface area contributed by atoms with Gasteiger partial charge in [-0.15, -0.1) is 0 Å². The van der Waals surface area contributed by atoms with Crippen molar-refractivity contribution in [2.45, 2.75) is 12.8 Å². The number of hydrogen-bond acceptors (Lipinski definition) is 1. The van der Waals surface area contributed by atoms with E-state index in [9.17, 15) is 0 Å². The molecular weight excluding hydrogens is 773 g/mol. The lowest BCUT2D eigenvalue weighted by atomic mass is 9.92. The van der Waals surface area contributed by atoms with Crippen LogP contribution in [-0.2, 0) is 0 Å². The molecule has 302 valence electrons. The summed E-state index contributed by atoms with van der Waals surface area (Å²) in [5.41, 5.74) is 16.6. The van der Waals surface area contributed by atoms with Crippen LogP contribution < -0.4 is 4.90 Å². The number of benzene rings is 10. The molecule has 0 saturated carbocycles. The monoisotopic (exact) mass is 816 g/mol. The molecule has 0 radical (unpaired) electrons. The van der Waals surface area contributed by atoms with Gasteiger partial charge in [0.1, 0.15) is 0 Å². The standard InChI is InChI=1S/C62H44N2/c1-3-17-43(18-4-1)44-33-35-50(36-34-44)63(59-31-13-11-27-55(59)46-19-5-2-6-20-46)51-37-39-52(40-38-51)64-60-32-14-12-29-57(60)61-58(42-49-22-8-10-28-56(49)62(61)64)48-25-15-24-47(41-48)54-30-16-23-45-21-7-9-26-53(45)54/h2-3,5-42H,1,4H2. The molecule has 1 heterocycles. The maximum Gasteiger partial charge on any atom is 0.0625 e. The van der Waals surface area contributed by atoms with E-state index >= 15 is 0 Å². The topological polar surface area (TPSA) is 8.17 Å². The van der Waals surface area contributed by atoms with E-state index < -0.39 is 0 Å². The number of rotatable bonds is 8. The van der Waals surface area contributed by atoms with Gasteiger partial charge < -0.3 is 9.47 Å². The zero-order valence-corrected chi connectivity index (χ0v) is 35.4. The minimum atomic E-state index is 1.08. The van der Waals surface area contributed by atoms with Gasteiger partial charge in [-0.2, -0.15) is 0 Å². The van der Waals surface area contributed by atoms with Crippen LogP contribution in [0.3, 0.4) is 0 Å². The van der Waals surface area contributed by atoms with Crippen molar-refractivity contribution < 1.29 is 0 Å². The van der Waals surface area contributed by atoms with E-state index in [-0.39, 0.29) is 0 Å². The fraction of sp³-hybridized carbons (Fsp3) is 0.0323. The summed E-state index contributed by atoms with van der Waals surface area (Å²) in [4.78, 5) is 2.41. The molecule has 0 amide bonds. The lowest BCUT2D eigenvalue weighted by Gasteiger charge is -2.28. The Kier molecular flexibility index (Phi) is 9.34.